The molecule has 1 aliphatic rings. The van der Waals surface area contributed by atoms with Gasteiger partial charge in [-0.15, -0.1) is 11.3 Å². The maximum Gasteiger partial charge on any atom is 0.0609 e. The second-order valence-corrected chi connectivity index (χ2v) is 4.66. The highest BCUT2D eigenvalue weighted by molar-refractivity contribution is 7.10. The van der Waals surface area contributed by atoms with Crippen molar-refractivity contribution in [3.63, 3.8) is 0 Å². The molecule has 1 N–H and O–H groups in total. The van der Waals surface area contributed by atoms with Gasteiger partial charge >= 0.3 is 0 Å². The van der Waals surface area contributed by atoms with Gasteiger partial charge in [0.15, 0.2) is 0 Å². The van der Waals surface area contributed by atoms with Crippen LogP contribution in [0.3, 0.4) is 0 Å². The van der Waals surface area contributed by atoms with Gasteiger partial charge in [0.2, 0.25) is 0 Å². The summed E-state index contributed by atoms with van der Waals surface area (Å²) in [7, 11) is 0. The molecule has 0 saturated heterocycles. The van der Waals surface area contributed by atoms with E-state index in [9.17, 15) is 5.11 Å². The minimum Gasteiger partial charge on any atom is -0.392 e. The first-order chi connectivity index (χ1) is 5.79. The highest BCUT2D eigenvalue weighted by Crippen LogP contribution is 2.37. The highest BCUT2D eigenvalue weighted by atomic mass is 32.1. The summed E-state index contributed by atoms with van der Waals surface area (Å²) in [5.41, 5.74) is 1.38. The standard InChI is InChI=1S/C10H14OS/c1-7-8(5-6-12-7)9-3-2-4-10(9)11/h5-6,9-11H,2-4H2,1H3/t9-,10+/m0/s1. The lowest BCUT2D eigenvalue weighted by Gasteiger charge is -2.13. The molecule has 66 valence electrons. The van der Waals surface area contributed by atoms with Gasteiger partial charge in [-0.05, 0) is 36.8 Å². The van der Waals surface area contributed by atoms with Crippen LogP contribution in [-0.4, -0.2) is 11.2 Å². The van der Waals surface area contributed by atoms with Crippen molar-refractivity contribution in [2.45, 2.75) is 38.2 Å². The molecular weight excluding hydrogens is 168 g/mol. The molecule has 2 heteroatoms. The number of aliphatic hydroxyl groups excluding tert-OH is 1. The predicted molar refractivity (Wildman–Crippen MR) is 51.7 cm³/mol. The Hall–Kier alpha value is -0.340. The smallest absolute Gasteiger partial charge is 0.0609 e. The van der Waals surface area contributed by atoms with E-state index in [4.69, 9.17) is 0 Å². The molecule has 1 nitrogen and oxygen atoms in total. The van der Waals surface area contributed by atoms with Crippen LogP contribution in [-0.2, 0) is 0 Å². The SMILES string of the molecule is Cc1sccc1[C@@H]1CCC[C@H]1O. The van der Waals surface area contributed by atoms with Gasteiger partial charge in [-0.25, -0.2) is 0 Å². The Bertz CT molecular complexity index is 267. The van der Waals surface area contributed by atoms with Crippen molar-refractivity contribution < 1.29 is 5.11 Å². The Morgan fingerprint density at radius 1 is 1.50 bits per heavy atom. The van der Waals surface area contributed by atoms with Gasteiger partial charge in [0.25, 0.3) is 0 Å². The number of hydrogen-bond acceptors (Lipinski definition) is 2. The van der Waals surface area contributed by atoms with Gasteiger partial charge in [0.1, 0.15) is 0 Å². The zero-order chi connectivity index (χ0) is 8.55. The van der Waals surface area contributed by atoms with Crippen LogP contribution in [0.25, 0.3) is 0 Å². The van der Waals surface area contributed by atoms with Gasteiger partial charge in [0, 0.05) is 10.8 Å². The Labute approximate surface area is 77.0 Å². The molecule has 2 rings (SSSR count). The average Bonchev–Trinajstić information content (AvgIpc) is 2.59. The first kappa shape index (κ1) is 8.27. The molecule has 0 spiro atoms. The lowest BCUT2D eigenvalue weighted by molar-refractivity contribution is 0.164. The molecule has 1 aromatic heterocycles. The van der Waals surface area contributed by atoms with Crippen LogP contribution >= 0.6 is 11.3 Å². The van der Waals surface area contributed by atoms with Gasteiger partial charge in [-0.3, -0.25) is 0 Å². The van der Waals surface area contributed by atoms with E-state index in [-0.39, 0.29) is 6.10 Å². The van der Waals surface area contributed by atoms with E-state index in [1.807, 2.05) is 0 Å². The molecule has 1 aromatic rings. The van der Waals surface area contributed by atoms with E-state index in [1.54, 1.807) is 11.3 Å². The van der Waals surface area contributed by atoms with Crippen molar-refractivity contribution in [1.29, 1.82) is 0 Å². The summed E-state index contributed by atoms with van der Waals surface area (Å²) in [4.78, 5) is 1.38. The first-order valence-corrected chi connectivity index (χ1v) is 5.39. The quantitative estimate of drug-likeness (QED) is 0.708. The zero-order valence-electron chi connectivity index (χ0n) is 7.29. The van der Waals surface area contributed by atoms with E-state index in [0.29, 0.717) is 5.92 Å². The Kier molecular flexibility index (Phi) is 2.20. The molecule has 0 aromatic carbocycles. The topological polar surface area (TPSA) is 20.2 Å². The summed E-state index contributed by atoms with van der Waals surface area (Å²) >= 11 is 1.78. The largest absolute Gasteiger partial charge is 0.392 e. The minimum absolute atomic E-state index is 0.0849. The van der Waals surface area contributed by atoms with Crippen molar-refractivity contribution in [1.82, 2.24) is 0 Å². The second kappa shape index (κ2) is 3.19. The Morgan fingerprint density at radius 2 is 2.33 bits per heavy atom. The van der Waals surface area contributed by atoms with Crippen molar-refractivity contribution in [3.8, 4) is 0 Å². The predicted octanol–water partition coefficient (Wildman–Crippen LogP) is 2.68. The van der Waals surface area contributed by atoms with Crippen molar-refractivity contribution in [2.75, 3.05) is 0 Å². The molecule has 0 aliphatic heterocycles. The third-order valence-corrected chi connectivity index (χ3v) is 3.64. The third-order valence-electron chi connectivity index (χ3n) is 2.78. The molecular formula is C10H14OS. The lowest BCUT2D eigenvalue weighted by atomic mass is 9.97. The first-order valence-electron chi connectivity index (χ1n) is 4.51. The Morgan fingerprint density at radius 3 is 2.83 bits per heavy atom. The molecule has 0 amide bonds. The minimum atomic E-state index is -0.0849. The van der Waals surface area contributed by atoms with Crippen LogP contribution in [0.15, 0.2) is 11.4 Å². The monoisotopic (exact) mass is 182 g/mol. The maximum atomic E-state index is 9.69. The summed E-state index contributed by atoms with van der Waals surface area (Å²) in [5, 5.41) is 11.8. The summed E-state index contributed by atoms with van der Waals surface area (Å²) in [6.07, 6.45) is 3.25. The van der Waals surface area contributed by atoms with Crippen LogP contribution in [0.5, 0.6) is 0 Å². The zero-order valence-corrected chi connectivity index (χ0v) is 8.10. The van der Waals surface area contributed by atoms with Gasteiger partial charge in [0.05, 0.1) is 6.10 Å². The van der Waals surface area contributed by atoms with E-state index in [0.717, 1.165) is 6.42 Å². The average molecular weight is 182 g/mol. The van der Waals surface area contributed by atoms with Crippen molar-refractivity contribution in [2.24, 2.45) is 0 Å². The molecule has 1 heterocycles. The molecule has 1 saturated carbocycles. The van der Waals surface area contributed by atoms with Crippen LogP contribution in [0.1, 0.15) is 35.6 Å². The molecule has 1 fully saturated rings. The second-order valence-electron chi connectivity index (χ2n) is 3.54. The highest BCUT2D eigenvalue weighted by Gasteiger charge is 2.27. The van der Waals surface area contributed by atoms with Crippen LogP contribution < -0.4 is 0 Å². The van der Waals surface area contributed by atoms with E-state index < -0.39 is 0 Å². The van der Waals surface area contributed by atoms with Crippen LogP contribution in [0.2, 0.25) is 0 Å². The van der Waals surface area contributed by atoms with E-state index in [2.05, 4.69) is 18.4 Å². The molecule has 1 aliphatic carbocycles. The van der Waals surface area contributed by atoms with Gasteiger partial charge in [-0.2, -0.15) is 0 Å². The molecule has 2 atom stereocenters. The van der Waals surface area contributed by atoms with Gasteiger partial charge in [-0.1, -0.05) is 6.42 Å². The normalized spacial score (nSPS) is 29.5. The number of hydrogen-bond donors (Lipinski definition) is 1. The number of rotatable bonds is 1. The van der Waals surface area contributed by atoms with Crippen LogP contribution in [0.4, 0.5) is 0 Å². The number of thiophene rings is 1. The van der Waals surface area contributed by atoms with Crippen LogP contribution in [0, 0.1) is 6.92 Å². The molecule has 0 radical (unpaired) electrons. The maximum absolute atomic E-state index is 9.69. The van der Waals surface area contributed by atoms with Crippen molar-refractivity contribution >= 4 is 11.3 Å². The van der Waals surface area contributed by atoms with Crippen molar-refractivity contribution in [3.05, 3.63) is 21.9 Å². The summed E-state index contributed by atoms with van der Waals surface area (Å²) in [5.74, 6) is 0.427. The number of aliphatic hydroxyl groups is 1. The Balaban J connectivity index is 2.24. The summed E-state index contributed by atoms with van der Waals surface area (Å²) in [6.45, 7) is 2.14. The fraction of sp³-hybridized carbons (Fsp3) is 0.600. The molecule has 0 unspecified atom stereocenters. The van der Waals surface area contributed by atoms with E-state index in [1.165, 1.54) is 23.3 Å². The third kappa shape index (κ3) is 1.29. The molecule has 12 heavy (non-hydrogen) atoms. The number of aryl methyl sites for hydroxylation is 1. The van der Waals surface area contributed by atoms with Gasteiger partial charge < -0.3 is 5.11 Å². The van der Waals surface area contributed by atoms with E-state index >= 15 is 0 Å². The molecule has 0 bridgehead atoms. The lowest BCUT2D eigenvalue weighted by Crippen LogP contribution is -2.10. The fourth-order valence-electron chi connectivity index (χ4n) is 2.08. The summed E-state index contributed by atoms with van der Waals surface area (Å²) in [6, 6.07) is 2.17. The fourth-order valence-corrected chi connectivity index (χ4v) is 2.86. The summed E-state index contributed by atoms with van der Waals surface area (Å²) < 4.78 is 0.